The first-order valence-electron chi connectivity index (χ1n) is 2.04. The SMILES string of the molecule is O=C1C=CS(=O)(=O)C1. The third-order valence-corrected chi connectivity index (χ3v) is 2.04. The Morgan fingerprint density at radius 1 is 1.50 bits per heavy atom. The molecule has 1 heterocycles. The third-order valence-electron chi connectivity index (χ3n) is 0.805. The molecule has 0 unspecified atom stereocenters. The van der Waals surface area contributed by atoms with Crippen molar-refractivity contribution < 1.29 is 13.2 Å². The summed E-state index contributed by atoms with van der Waals surface area (Å²) in [5.41, 5.74) is 0. The van der Waals surface area contributed by atoms with Crippen LogP contribution in [-0.2, 0) is 14.6 Å². The summed E-state index contributed by atoms with van der Waals surface area (Å²) in [4.78, 5) is 10.2. The Morgan fingerprint density at radius 2 is 2.12 bits per heavy atom. The van der Waals surface area contributed by atoms with E-state index in [4.69, 9.17) is 0 Å². The van der Waals surface area contributed by atoms with Gasteiger partial charge in [-0.15, -0.1) is 0 Å². The first-order chi connectivity index (χ1) is 3.60. The number of sulfone groups is 1. The van der Waals surface area contributed by atoms with Gasteiger partial charge in [-0.1, -0.05) is 0 Å². The monoisotopic (exact) mass is 132 g/mol. The molecule has 3 nitrogen and oxygen atoms in total. The molecule has 0 aromatic carbocycles. The van der Waals surface area contributed by atoms with Crippen molar-refractivity contribution in [3.8, 4) is 0 Å². The Bertz CT molecular complexity index is 234. The van der Waals surface area contributed by atoms with E-state index in [9.17, 15) is 13.2 Å². The van der Waals surface area contributed by atoms with Gasteiger partial charge in [-0.2, -0.15) is 0 Å². The van der Waals surface area contributed by atoms with E-state index in [1.54, 1.807) is 0 Å². The summed E-state index contributed by atoms with van der Waals surface area (Å²) in [7, 11) is -3.13. The van der Waals surface area contributed by atoms with Gasteiger partial charge in [0.05, 0.1) is 0 Å². The summed E-state index contributed by atoms with van der Waals surface area (Å²) in [6, 6.07) is 0. The molecule has 8 heavy (non-hydrogen) atoms. The molecule has 0 bridgehead atoms. The highest BCUT2D eigenvalue weighted by Crippen LogP contribution is 2.01. The second-order valence-corrected chi connectivity index (χ2v) is 3.46. The summed E-state index contributed by atoms with van der Waals surface area (Å²) >= 11 is 0. The van der Waals surface area contributed by atoms with Crippen molar-refractivity contribution in [2.75, 3.05) is 5.75 Å². The fraction of sp³-hybridized carbons (Fsp3) is 0.250. The van der Waals surface area contributed by atoms with E-state index in [1.165, 1.54) is 0 Å². The van der Waals surface area contributed by atoms with Gasteiger partial charge in [0.2, 0.25) is 0 Å². The van der Waals surface area contributed by atoms with Gasteiger partial charge < -0.3 is 0 Å². The molecule has 0 aromatic heterocycles. The van der Waals surface area contributed by atoms with Gasteiger partial charge in [-0.3, -0.25) is 4.79 Å². The lowest BCUT2D eigenvalue weighted by atomic mass is 10.5. The number of carbonyl (C=O) groups is 1. The maximum Gasteiger partial charge on any atom is 0.179 e. The molecule has 0 saturated carbocycles. The van der Waals surface area contributed by atoms with E-state index < -0.39 is 9.84 Å². The fourth-order valence-electron chi connectivity index (χ4n) is 0.474. The van der Waals surface area contributed by atoms with Crippen molar-refractivity contribution in [2.45, 2.75) is 0 Å². The van der Waals surface area contributed by atoms with Crippen molar-refractivity contribution >= 4 is 15.6 Å². The Kier molecular flexibility index (Phi) is 0.973. The number of rotatable bonds is 0. The summed E-state index contributed by atoms with van der Waals surface area (Å²) in [5, 5.41) is 0.940. The van der Waals surface area contributed by atoms with Crippen LogP contribution in [0.2, 0.25) is 0 Å². The summed E-state index contributed by atoms with van der Waals surface area (Å²) in [6.07, 6.45) is 1.08. The number of carbonyl (C=O) groups excluding carboxylic acids is 1. The zero-order chi connectivity index (χ0) is 6.20. The highest BCUT2D eigenvalue weighted by Gasteiger charge is 2.17. The van der Waals surface area contributed by atoms with Gasteiger partial charge >= 0.3 is 0 Å². The Labute approximate surface area is 46.9 Å². The molecule has 0 radical (unpaired) electrons. The number of hydrogen-bond donors (Lipinski definition) is 0. The molecule has 0 aliphatic carbocycles. The lowest BCUT2D eigenvalue weighted by molar-refractivity contribution is -0.112. The third kappa shape index (κ3) is 0.949. The van der Waals surface area contributed by atoms with Crippen LogP contribution in [-0.4, -0.2) is 20.0 Å². The van der Waals surface area contributed by atoms with Crippen LogP contribution >= 0.6 is 0 Å². The molecule has 0 fully saturated rings. The van der Waals surface area contributed by atoms with Gasteiger partial charge in [0, 0.05) is 5.41 Å². The van der Waals surface area contributed by atoms with Crippen molar-refractivity contribution in [1.82, 2.24) is 0 Å². The van der Waals surface area contributed by atoms with Crippen LogP contribution in [0.4, 0.5) is 0 Å². The maximum atomic E-state index is 10.3. The molecule has 0 N–H and O–H groups in total. The van der Waals surface area contributed by atoms with E-state index in [-0.39, 0.29) is 11.5 Å². The molecule has 44 valence electrons. The number of allylic oxidation sites excluding steroid dienone is 1. The van der Waals surface area contributed by atoms with Crippen LogP contribution in [0, 0.1) is 0 Å². The van der Waals surface area contributed by atoms with E-state index in [0.29, 0.717) is 0 Å². The predicted molar refractivity (Wildman–Crippen MR) is 27.9 cm³/mol. The second-order valence-electron chi connectivity index (χ2n) is 1.58. The first kappa shape index (κ1) is 5.50. The second kappa shape index (κ2) is 1.42. The van der Waals surface area contributed by atoms with Crippen molar-refractivity contribution in [1.29, 1.82) is 0 Å². The molecule has 1 aliphatic heterocycles. The molecule has 1 aliphatic rings. The van der Waals surface area contributed by atoms with Crippen molar-refractivity contribution in [3.63, 3.8) is 0 Å². The average molecular weight is 132 g/mol. The minimum Gasteiger partial charge on any atom is -0.294 e. The fourth-order valence-corrected chi connectivity index (χ4v) is 1.42. The molecule has 1 rings (SSSR count). The van der Waals surface area contributed by atoms with Crippen LogP contribution in [0.25, 0.3) is 0 Å². The number of hydrogen-bond acceptors (Lipinski definition) is 3. The first-order valence-corrected chi connectivity index (χ1v) is 3.75. The quantitative estimate of drug-likeness (QED) is 0.446. The Morgan fingerprint density at radius 3 is 2.25 bits per heavy atom. The van der Waals surface area contributed by atoms with Gasteiger partial charge in [-0.05, 0) is 6.08 Å². The van der Waals surface area contributed by atoms with Gasteiger partial charge in [0.1, 0.15) is 5.75 Å². The largest absolute Gasteiger partial charge is 0.294 e. The molecular weight excluding hydrogens is 128 g/mol. The van der Waals surface area contributed by atoms with Crippen LogP contribution in [0.1, 0.15) is 0 Å². The van der Waals surface area contributed by atoms with Crippen molar-refractivity contribution in [2.24, 2.45) is 0 Å². The minimum absolute atomic E-state index is 0.329. The van der Waals surface area contributed by atoms with E-state index in [0.717, 1.165) is 11.5 Å². The lowest BCUT2D eigenvalue weighted by Crippen LogP contribution is -2.02. The Hall–Kier alpha value is -0.640. The van der Waals surface area contributed by atoms with Crippen molar-refractivity contribution in [3.05, 3.63) is 11.5 Å². The standard InChI is InChI=1S/C4H4O3S/c5-4-1-2-8(6,7)3-4/h1-2H,3H2. The van der Waals surface area contributed by atoms with Crippen LogP contribution in [0.3, 0.4) is 0 Å². The van der Waals surface area contributed by atoms with E-state index >= 15 is 0 Å². The minimum atomic E-state index is -3.13. The average Bonchev–Trinajstić information content (AvgIpc) is 1.82. The molecule has 0 spiro atoms. The van der Waals surface area contributed by atoms with E-state index in [2.05, 4.69) is 0 Å². The van der Waals surface area contributed by atoms with Crippen LogP contribution in [0.15, 0.2) is 11.5 Å². The molecule has 4 heteroatoms. The smallest absolute Gasteiger partial charge is 0.179 e. The number of ketones is 1. The molecular formula is C4H4O3S. The molecule has 0 atom stereocenters. The summed E-state index contributed by atoms with van der Waals surface area (Å²) in [5.74, 6) is -0.669. The topological polar surface area (TPSA) is 51.2 Å². The summed E-state index contributed by atoms with van der Waals surface area (Å²) in [6.45, 7) is 0. The van der Waals surface area contributed by atoms with Gasteiger partial charge in [-0.25, -0.2) is 8.42 Å². The lowest BCUT2D eigenvalue weighted by Gasteiger charge is -1.79. The van der Waals surface area contributed by atoms with Gasteiger partial charge in [0.15, 0.2) is 15.6 Å². The highest BCUT2D eigenvalue weighted by atomic mass is 32.2. The molecule has 0 aromatic rings. The normalized spacial score (nSPS) is 24.2. The van der Waals surface area contributed by atoms with Gasteiger partial charge in [0.25, 0.3) is 0 Å². The van der Waals surface area contributed by atoms with Crippen LogP contribution < -0.4 is 0 Å². The maximum absolute atomic E-state index is 10.3. The molecule has 0 amide bonds. The van der Waals surface area contributed by atoms with Crippen LogP contribution in [0.5, 0.6) is 0 Å². The highest BCUT2D eigenvalue weighted by molar-refractivity contribution is 7.95. The van der Waals surface area contributed by atoms with E-state index in [1.807, 2.05) is 0 Å². The predicted octanol–water partition coefficient (Wildman–Crippen LogP) is -0.502. The molecule has 0 saturated heterocycles. The Balaban J connectivity index is 3.06. The zero-order valence-corrected chi connectivity index (χ0v) is 4.81. The zero-order valence-electron chi connectivity index (χ0n) is 3.99. The summed E-state index contributed by atoms with van der Waals surface area (Å²) < 4.78 is 20.7.